The molecule has 0 fully saturated rings. The molecule has 3 aromatic rings. The van der Waals surface area contributed by atoms with Gasteiger partial charge < -0.3 is 0 Å². The number of carbonyl (C=O) groups excluding carboxylic acids is 1. The van der Waals surface area contributed by atoms with Crippen LogP contribution in [0.1, 0.15) is 16.2 Å². The molecule has 0 spiro atoms. The number of H-pyrrole nitrogens is 1. The summed E-state index contributed by atoms with van der Waals surface area (Å²) >= 11 is 0. The molecule has 3 rings (SSSR count). The summed E-state index contributed by atoms with van der Waals surface area (Å²) in [7, 11) is 0. The molecule has 0 radical (unpaired) electrons. The summed E-state index contributed by atoms with van der Waals surface area (Å²) in [6.07, 6.45) is 2.52. The van der Waals surface area contributed by atoms with E-state index >= 15 is 0 Å². The number of fused-ring (bicyclic) bond motifs is 1. The summed E-state index contributed by atoms with van der Waals surface area (Å²) in [6.45, 7) is 1.85. The van der Waals surface area contributed by atoms with Gasteiger partial charge in [0.2, 0.25) is 0 Å². The molecule has 0 saturated heterocycles. The highest BCUT2D eigenvalue weighted by molar-refractivity contribution is 5.77. The predicted octanol–water partition coefficient (Wildman–Crippen LogP) is 2.77. The number of aromatic amines is 1. The molecule has 0 aliphatic carbocycles. The first-order valence-corrected chi connectivity index (χ1v) is 5.56. The summed E-state index contributed by atoms with van der Waals surface area (Å²) in [6, 6.07) is 13.8. The first-order chi connectivity index (χ1) is 8.79. The van der Waals surface area contributed by atoms with Crippen LogP contribution in [0.25, 0.3) is 10.9 Å². The third kappa shape index (κ3) is 3.01. The molecule has 0 unspecified atom stereocenters. The van der Waals surface area contributed by atoms with E-state index in [2.05, 4.69) is 27.3 Å². The third-order valence-electron chi connectivity index (χ3n) is 2.36. The van der Waals surface area contributed by atoms with Crippen LogP contribution < -0.4 is 0 Å². The molecule has 1 N–H and O–H groups in total. The van der Waals surface area contributed by atoms with E-state index in [1.54, 1.807) is 6.07 Å². The highest BCUT2D eigenvalue weighted by Crippen LogP contribution is 2.07. The van der Waals surface area contributed by atoms with E-state index in [0.29, 0.717) is 12.0 Å². The normalized spacial score (nSPS) is 9.61. The largest absolute Gasteiger partial charge is 0.296 e. The van der Waals surface area contributed by atoms with Crippen LogP contribution in [0.4, 0.5) is 0 Å². The van der Waals surface area contributed by atoms with Crippen LogP contribution in [0.15, 0.2) is 48.7 Å². The quantitative estimate of drug-likeness (QED) is 0.664. The number of para-hydroxylation sites is 1. The van der Waals surface area contributed by atoms with Crippen molar-refractivity contribution in [3.05, 3.63) is 60.0 Å². The van der Waals surface area contributed by atoms with E-state index in [9.17, 15) is 4.79 Å². The predicted molar refractivity (Wildman–Crippen MR) is 70.5 cm³/mol. The Labute approximate surface area is 105 Å². The monoisotopic (exact) mass is 239 g/mol. The molecule has 0 amide bonds. The summed E-state index contributed by atoms with van der Waals surface area (Å²) in [5.74, 6) is 0. The third-order valence-corrected chi connectivity index (χ3v) is 2.36. The minimum atomic E-state index is 0.461. The molecule has 90 valence electrons. The number of benzene rings is 1. The number of pyridine rings is 1. The molecule has 4 nitrogen and oxygen atoms in total. The number of carbonyl (C=O) groups is 1. The summed E-state index contributed by atoms with van der Waals surface area (Å²) in [5, 5.41) is 7.48. The Bertz CT molecular complexity index is 581. The van der Waals surface area contributed by atoms with E-state index < -0.39 is 0 Å². The molecular weight excluding hydrogens is 226 g/mol. The second kappa shape index (κ2) is 5.72. The standard InChI is InChI=1S/C9H7N.C5H6N2O/c1-2-6-9-8(4-1)5-3-7-10-9;1-4-2-5(3-8)7-6-4/h1-7H;2-3H,1H3,(H,6,7). The van der Waals surface area contributed by atoms with Crippen LogP contribution in [-0.4, -0.2) is 21.5 Å². The lowest BCUT2D eigenvalue weighted by atomic mass is 10.2. The van der Waals surface area contributed by atoms with Crippen molar-refractivity contribution in [1.82, 2.24) is 15.2 Å². The number of hydrogen-bond donors (Lipinski definition) is 1. The number of rotatable bonds is 1. The summed E-state index contributed by atoms with van der Waals surface area (Å²) in [5.41, 5.74) is 2.43. The van der Waals surface area contributed by atoms with Gasteiger partial charge in [-0.05, 0) is 25.1 Å². The van der Waals surface area contributed by atoms with Crippen molar-refractivity contribution in [3.8, 4) is 0 Å². The summed E-state index contributed by atoms with van der Waals surface area (Å²) in [4.78, 5) is 14.1. The fourth-order valence-corrected chi connectivity index (χ4v) is 1.52. The zero-order valence-electron chi connectivity index (χ0n) is 10.00. The maximum absolute atomic E-state index is 9.94. The lowest BCUT2D eigenvalue weighted by Crippen LogP contribution is -1.75. The Kier molecular flexibility index (Phi) is 3.81. The van der Waals surface area contributed by atoms with Gasteiger partial charge in [0.15, 0.2) is 6.29 Å². The van der Waals surface area contributed by atoms with Crippen molar-refractivity contribution < 1.29 is 4.79 Å². The van der Waals surface area contributed by atoms with Gasteiger partial charge in [-0.3, -0.25) is 14.9 Å². The molecule has 1 aromatic carbocycles. The molecule has 18 heavy (non-hydrogen) atoms. The minimum absolute atomic E-state index is 0.461. The number of aromatic nitrogens is 3. The number of nitrogens with zero attached hydrogens (tertiary/aromatic N) is 2. The number of hydrogen-bond acceptors (Lipinski definition) is 3. The van der Waals surface area contributed by atoms with E-state index in [1.807, 2.05) is 37.4 Å². The van der Waals surface area contributed by atoms with Gasteiger partial charge in [-0.1, -0.05) is 24.3 Å². The fraction of sp³-hybridized carbons (Fsp3) is 0.0714. The molecule has 0 saturated carbocycles. The zero-order chi connectivity index (χ0) is 12.8. The average Bonchev–Trinajstić information content (AvgIpc) is 2.86. The van der Waals surface area contributed by atoms with Crippen molar-refractivity contribution >= 4 is 17.2 Å². The Morgan fingerprint density at radius 1 is 1.17 bits per heavy atom. The fourth-order valence-electron chi connectivity index (χ4n) is 1.52. The van der Waals surface area contributed by atoms with Gasteiger partial charge in [0.05, 0.1) is 5.52 Å². The Balaban J connectivity index is 0.000000138. The van der Waals surface area contributed by atoms with Gasteiger partial charge in [-0.15, -0.1) is 0 Å². The number of nitrogens with one attached hydrogen (secondary N) is 1. The lowest BCUT2D eigenvalue weighted by Gasteiger charge is -1.91. The highest BCUT2D eigenvalue weighted by Gasteiger charge is 1.90. The summed E-state index contributed by atoms with van der Waals surface area (Å²) < 4.78 is 0. The lowest BCUT2D eigenvalue weighted by molar-refractivity contribution is 0.111. The van der Waals surface area contributed by atoms with E-state index in [1.165, 1.54) is 5.39 Å². The molecule has 0 aliphatic heterocycles. The van der Waals surface area contributed by atoms with Gasteiger partial charge >= 0.3 is 0 Å². The molecule has 2 heterocycles. The first-order valence-electron chi connectivity index (χ1n) is 5.56. The smallest absolute Gasteiger partial charge is 0.170 e. The first kappa shape index (κ1) is 12.0. The van der Waals surface area contributed by atoms with Crippen LogP contribution in [0.2, 0.25) is 0 Å². The topological polar surface area (TPSA) is 58.6 Å². The van der Waals surface area contributed by atoms with Crippen LogP contribution in [0, 0.1) is 6.92 Å². The second-order valence-electron chi connectivity index (χ2n) is 3.79. The van der Waals surface area contributed by atoms with Crippen molar-refractivity contribution in [3.63, 3.8) is 0 Å². The van der Waals surface area contributed by atoms with Crippen LogP contribution in [-0.2, 0) is 0 Å². The maximum atomic E-state index is 9.94. The molecule has 0 aliphatic rings. The molecule has 0 bridgehead atoms. The SMILES string of the molecule is Cc1cc(C=O)n[nH]1.c1ccc2ncccc2c1. The van der Waals surface area contributed by atoms with Crippen LogP contribution >= 0.6 is 0 Å². The van der Waals surface area contributed by atoms with Crippen molar-refractivity contribution in [2.24, 2.45) is 0 Å². The maximum Gasteiger partial charge on any atom is 0.170 e. The van der Waals surface area contributed by atoms with Crippen LogP contribution in [0.5, 0.6) is 0 Å². The molecule has 0 atom stereocenters. The zero-order valence-corrected chi connectivity index (χ0v) is 10.00. The van der Waals surface area contributed by atoms with Gasteiger partial charge in [0.1, 0.15) is 5.69 Å². The van der Waals surface area contributed by atoms with Gasteiger partial charge in [0, 0.05) is 17.3 Å². The van der Waals surface area contributed by atoms with Gasteiger partial charge in [-0.25, -0.2) is 0 Å². The Morgan fingerprint density at radius 3 is 2.56 bits per heavy atom. The second-order valence-corrected chi connectivity index (χ2v) is 3.79. The molecular formula is C14H13N3O. The van der Waals surface area contributed by atoms with Gasteiger partial charge in [0.25, 0.3) is 0 Å². The van der Waals surface area contributed by atoms with Crippen LogP contribution in [0.3, 0.4) is 0 Å². The average molecular weight is 239 g/mol. The Hall–Kier alpha value is -2.49. The van der Waals surface area contributed by atoms with Crippen molar-refractivity contribution in [2.45, 2.75) is 6.92 Å². The number of aldehydes is 1. The molecule has 2 aromatic heterocycles. The Morgan fingerprint density at radius 2 is 1.94 bits per heavy atom. The number of aryl methyl sites for hydroxylation is 1. The highest BCUT2D eigenvalue weighted by atomic mass is 16.1. The minimum Gasteiger partial charge on any atom is -0.296 e. The van der Waals surface area contributed by atoms with Crippen molar-refractivity contribution in [2.75, 3.05) is 0 Å². The molecule has 4 heteroatoms. The van der Waals surface area contributed by atoms with Crippen molar-refractivity contribution in [1.29, 1.82) is 0 Å². The van der Waals surface area contributed by atoms with E-state index in [-0.39, 0.29) is 0 Å². The van der Waals surface area contributed by atoms with E-state index in [4.69, 9.17) is 0 Å². The van der Waals surface area contributed by atoms with Gasteiger partial charge in [-0.2, -0.15) is 5.10 Å². The van der Waals surface area contributed by atoms with E-state index in [0.717, 1.165) is 11.2 Å².